The molecule has 0 saturated heterocycles. The number of halogens is 3. The quantitative estimate of drug-likeness (QED) is 0.228. The van der Waals surface area contributed by atoms with Gasteiger partial charge in [-0.1, -0.05) is 82.5 Å². The molecule has 40 heavy (non-hydrogen) atoms. The van der Waals surface area contributed by atoms with Crippen molar-refractivity contribution >= 4 is 58.2 Å². The maximum Gasteiger partial charge on any atom is 0.338 e. The third kappa shape index (κ3) is 5.74. The molecule has 3 aromatic carbocycles. The highest BCUT2D eigenvalue weighted by atomic mass is 35.5. The normalized spacial score (nSPS) is 15.0. The first-order valence-electron chi connectivity index (χ1n) is 12.4. The molecule has 1 aromatic heterocycles. The second-order valence-corrected chi connectivity index (χ2v) is 11.2. The van der Waals surface area contributed by atoms with Crippen molar-refractivity contribution in [1.29, 1.82) is 0 Å². The Morgan fingerprint density at radius 1 is 1.05 bits per heavy atom. The van der Waals surface area contributed by atoms with Crippen molar-refractivity contribution in [3.63, 3.8) is 0 Å². The van der Waals surface area contributed by atoms with Gasteiger partial charge >= 0.3 is 5.97 Å². The lowest BCUT2D eigenvalue weighted by atomic mass is 9.96. The molecule has 0 spiro atoms. The van der Waals surface area contributed by atoms with E-state index in [1.807, 2.05) is 36.4 Å². The van der Waals surface area contributed by atoms with Crippen LogP contribution in [0.4, 0.5) is 0 Å². The van der Waals surface area contributed by atoms with Gasteiger partial charge in [0.05, 0.1) is 22.4 Å². The number of hydrogen-bond acceptors (Lipinski definition) is 6. The first-order chi connectivity index (χ1) is 19.3. The van der Waals surface area contributed by atoms with E-state index in [9.17, 15) is 9.59 Å². The van der Waals surface area contributed by atoms with Gasteiger partial charge in [-0.3, -0.25) is 9.36 Å². The third-order valence-corrected chi connectivity index (χ3v) is 8.22. The zero-order valence-corrected chi connectivity index (χ0v) is 24.6. The summed E-state index contributed by atoms with van der Waals surface area (Å²) in [7, 11) is 0. The zero-order chi connectivity index (χ0) is 28.4. The number of esters is 1. The number of thiazole rings is 1. The van der Waals surface area contributed by atoms with Crippen LogP contribution >= 0.6 is 46.1 Å². The standard InChI is InChI=1S/C30H23Cl3N2O4S/c1-3-38-29(37)26-17(2)34-30-35(27(26)22-6-4-5-7-23(22)32)28(36)25(40-30)14-18-8-12-21(13-9-18)39-16-19-10-11-20(31)15-24(19)33/h4-15,27H,3,16H2,1-2H3. The van der Waals surface area contributed by atoms with E-state index in [4.69, 9.17) is 44.3 Å². The average molecular weight is 614 g/mol. The molecular formula is C30H23Cl3N2O4S. The molecule has 1 unspecified atom stereocenters. The van der Waals surface area contributed by atoms with Gasteiger partial charge in [0.15, 0.2) is 4.80 Å². The van der Waals surface area contributed by atoms with Crippen molar-refractivity contribution in [3.05, 3.63) is 129 Å². The number of rotatable bonds is 7. The summed E-state index contributed by atoms with van der Waals surface area (Å²) in [6, 6.07) is 19.0. The van der Waals surface area contributed by atoms with Gasteiger partial charge in [0.2, 0.25) is 0 Å². The number of fused-ring (bicyclic) bond motifs is 1. The van der Waals surface area contributed by atoms with Crippen LogP contribution in [0, 0.1) is 0 Å². The van der Waals surface area contributed by atoms with E-state index in [2.05, 4.69) is 4.99 Å². The SMILES string of the molecule is CCOC(=O)C1=C(C)N=c2sc(=Cc3ccc(OCc4ccc(Cl)cc4Cl)cc3)c(=O)n2C1c1ccccc1Cl. The Balaban J connectivity index is 1.49. The second-order valence-electron chi connectivity index (χ2n) is 8.92. The Labute approximate surface area is 249 Å². The summed E-state index contributed by atoms with van der Waals surface area (Å²) < 4.78 is 13.2. The number of carbonyl (C=O) groups is 1. The molecule has 0 amide bonds. The molecule has 1 aliphatic heterocycles. The van der Waals surface area contributed by atoms with E-state index in [1.165, 1.54) is 15.9 Å². The van der Waals surface area contributed by atoms with Gasteiger partial charge in [0.25, 0.3) is 5.56 Å². The minimum absolute atomic E-state index is 0.196. The van der Waals surface area contributed by atoms with Gasteiger partial charge in [-0.15, -0.1) is 0 Å². The Morgan fingerprint density at radius 2 is 1.80 bits per heavy atom. The Morgan fingerprint density at radius 3 is 2.50 bits per heavy atom. The van der Waals surface area contributed by atoms with E-state index in [0.29, 0.717) is 41.4 Å². The van der Waals surface area contributed by atoms with Gasteiger partial charge in [0.1, 0.15) is 18.4 Å². The van der Waals surface area contributed by atoms with Crippen LogP contribution in [0.1, 0.15) is 36.6 Å². The molecule has 0 bridgehead atoms. The molecule has 2 heterocycles. The van der Waals surface area contributed by atoms with Gasteiger partial charge in [0, 0.05) is 20.6 Å². The Bertz CT molecular complexity index is 1810. The minimum Gasteiger partial charge on any atom is -0.489 e. The first kappa shape index (κ1) is 28.2. The number of allylic oxidation sites excluding steroid dienone is 1. The van der Waals surface area contributed by atoms with E-state index < -0.39 is 12.0 Å². The summed E-state index contributed by atoms with van der Waals surface area (Å²) >= 11 is 20.0. The molecule has 4 aromatic rings. The topological polar surface area (TPSA) is 69.9 Å². The minimum atomic E-state index is -0.762. The van der Waals surface area contributed by atoms with E-state index in [1.54, 1.807) is 50.3 Å². The summed E-state index contributed by atoms with van der Waals surface area (Å²) in [6.45, 7) is 3.96. The molecule has 0 N–H and O–H groups in total. The summed E-state index contributed by atoms with van der Waals surface area (Å²) in [5.74, 6) is 0.122. The number of benzene rings is 3. The van der Waals surface area contributed by atoms with Crippen LogP contribution in [0.25, 0.3) is 6.08 Å². The lowest BCUT2D eigenvalue weighted by Gasteiger charge is -2.25. The van der Waals surface area contributed by atoms with Crippen molar-refractivity contribution in [3.8, 4) is 5.75 Å². The molecule has 10 heteroatoms. The van der Waals surface area contributed by atoms with Crippen LogP contribution in [-0.4, -0.2) is 17.1 Å². The molecule has 0 radical (unpaired) electrons. The van der Waals surface area contributed by atoms with Gasteiger partial charge < -0.3 is 9.47 Å². The third-order valence-electron chi connectivity index (χ3n) is 6.30. The van der Waals surface area contributed by atoms with Gasteiger partial charge in [-0.2, -0.15) is 0 Å². The lowest BCUT2D eigenvalue weighted by Crippen LogP contribution is -2.40. The van der Waals surface area contributed by atoms with Gasteiger partial charge in [-0.05, 0) is 61.4 Å². The zero-order valence-electron chi connectivity index (χ0n) is 21.5. The van der Waals surface area contributed by atoms with Crippen molar-refractivity contribution in [2.24, 2.45) is 4.99 Å². The highest BCUT2D eigenvalue weighted by Gasteiger charge is 2.34. The average Bonchev–Trinajstić information content (AvgIpc) is 3.22. The van der Waals surface area contributed by atoms with E-state index in [-0.39, 0.29) is 24.3 Å². The van der Waals surface area contributed by atoms with Crippen LogP contribution in [-0.2, 0) is 16.1 Å². The van der Waals surface area contributed by atoms with Crippen molar-refractivity contribution in [2.45, 2.75) is 26.5 Å². The van der Waals surface area contributed by atoms with Crippen molar-refractivity contribution in [2.75, 3.05) is 6.61 Å². The lowest BCUT2D eigenvalue weighted by molar-refractivity contribution is -0.139. The first-order valence-corrected chi connectivity index (χ1v) is 14.3. The fourth-order valence-electron chi connectivity index (χ4n) is 4.39. The molecule has 5 rings (SSSR count). The number of ether oxygens (including phenoxy) is 2. The number of aromatic nitrogens is 1. The molecule has 1 aliphatic rings. The number of hydrogen-bond donors (Lipinski definition) is 0. The van der Waals surface area contributed by atoms with Crippen LogP contribution in [0.5, 0.6) is 5.75 Å². The molecule has 6 nitrogen and oxygen atoms in total. The summed E-state index contributed by atoms with van der Waals surface area (Å²) in [6.07, 6.45) is 1.79. The van der Waals surface area contributed by atoms with E-state index >= 15 is 0 Å². The monoisotopic (exact) mass is 612 g/mol. The number of carbonyl (C=O) groups excluding carboxylic acids is 1. The second kappa shape index (κ2) is 12.0. The fourth-order valence-corrected chi connectivity index (χ4v) is 6.14. The Kier molecular flexibility index (Phi) is 8.47. The fraction of sp³-hybridized carbons (Fsp3) is 0.167. The molecule has 1 atom stereocenters. The summed E-state index contributed by atoms with van der Waals surface area (Å²) in [5, 5.41) is 1.54. The van der Waals surface area contributed by atoms with Crippen LogP contribution in [0.2, 0.25) is 15.1 Å². The smallest absolute Gasteiger partial charge is 0.338 e. The largest absolute Gasteiger partial charge is 0.489 e. The van der Waals surface area contributed by atoms with Crippen molar-refractivity contribution in [1.82, 2.24) is 4.57 Å². The molecular weight excluding hydrogens is 591 g/mol. The predicted octanol–water partition coefficient (Wildman–Crippen LogP) is 6.34. The number of nitrogens with zero attached hydrogens (tertiary/aromatic N) is 2. The maximum absolute atomic E-state index is 13.7. The molecule has 0 saturated carbocycles. The van der Waals surface area contributed by atoms with Gasteiger partial charge in [-0.25, -0.2) is 9.79 Å². The van der Waals surface area contributed by atoms with Crippen molar-refractivity contribution < 1.29 is 14.3 Å². The summed E-state index contributed by atoms with van der Waals surface area (Å²) in [5.41, 5.74) is 2.74. The molecule has 0 fully saturated rings. The van der Waals surface area contributed by atoms with Crippen LogP contribution in [0.3, 0.4) is 0 Å². The van der Waals surface area contributed by atoms with Crippen LogP contribution in [0.15, 0.2) is 87.8 Å². The van der Waals surface area contributed by atoms with E-state index in [0.717, 1.165) is 11.1 Å². The maximum atomic E-state index is 13.7. The molecule has 204 valence electrons. The Hall–Kier alpha value is -3.36. The van der Waals surface area contributed by atoms with Crippen LogP contribution < -0.4 is 19.6 Å². The predicted molar refractivity (Wildman–Crippen MR) is 159 cm³/mol. The molecule has 0 aliphatic carbocycles. The highest BCUT2D eigenvalue weighted by Crippen LogP contribution is 2.34. The highest BCUT2D eigenvalue weighted by molar-refractivity contribution is 7.07. The summed E-state index contributed by atoms with van der Waals surface area (Å²) in [4.78, 5) is 31.8.